The summed E-state index contributed by atoms with van der Waals surface area (Å²) in [6.45, 7) is 2.75. The molecule has 3 rings (SSSR count). The molecule has 3 aromatic heterocycles. The van der Waals surface area contributed by atoms with Crippen LogP contribution < -0.4 is 0 Å². The summed E-state index contributed by atoms with van der Waals surface area (Å²) < 4.78 is 1.94. The molecule has 0 N–H and O–H groups in total. The van der Waals surface area contributed by atoms with Crippen molar-refractivity contribution < 1.29 is 4.92 Å². The van der Waals surface area contributed by atoms with Crippen LogP contribution in [-0.4, -0.2) is 29.7 Å². The average Bonchev–Trinajstić information content (AvgIpc) is 2.99. The third kappa shape index (κ3) is 3.25. The summed E-state index contributed by atoms with van der Waals surface area (Å²) in [5.41, 5.74) is 0.854. The minimum Gasteiger partial charge on any atom is -0.302 e. The van der Waals surface area contributed by atoms with E-state index in [1.54, 1.807) is 18.5 Å². The molecule has 0 spiro atoms. The zero-order chi connectivity index (χ0) is 16.9. The molecular formula is C15H14N6O2S. The quantitative estimate of drug-likeness (QED) is 0.501. The Morgan fingerprint density at radius 1 is 1.21 bits per heavy atom. The summed E-state index contributed by atoms with van der Waals surface area (Å²) in [4.78, 5) is 18.8. The average molecular weight is 342 g/mol. The highest BCUT2D eigenvalue weighted by molar-refractivity contribution is 7.99. The van der Waals surface area contributed by atoms with Gasteiger partial charge in [-0.15, -0.1) is 10.2 Å². The van der Waals surface area contributed by atoms with Crippen molar-refractivity contribution in [3.05, 3.63) is 53.0 Å². The molecule has 0 unspecified atom stereocenters. The van der Waals surface area contributed by atoms with Crippen LogP contribution in [0.25, 0.3) is 11.4 Å². The molecule has 0 aromatic carbocycles. The first-order valence-electron chi connectivity index (χ1n) is 7.31. The maximum atomic E-state index is 11.2. The number of nitrogens with zero attached hydrogens (tertiary/aromatic N) is 6. The topological polar surface area (TPSA) is 99.6 Å². The number of aromatic nitrogens is 5. The Bertz CT molecular complexity index is 852. The van der Waals surface area contributed by atoms with Gasteiger partial charge in [-0.2, -0.15) is 0 Å². The molecule has 0 aliphatic heterocycles. The summed E-state index contributed by atoms with van der Waals surface area (Å²) in [7, 11) is 0. The third-order valence-corrected chi connectivity index (χ3v) is 4.23. The molecule has 3 aromatic rings. The molecule has 0 aliphatic rings. The lowest BCUT2D eigenvalue weighted by Crippen LogP contribution is -2.02. The monoisotopic (exact) mass is 342 g/mol. The van der Waals surface area contributed by atoms with Crippen LogP contribution in [0.4, 0.5) is 5.69 Å². The van der Waals surface area contributed by atoms with Crippen molar-refractivity contribution in [3.8, 4) is 11.4 Å². The molecule has 122 valence electrons. The molecule has 0 saturated heterocycles. The van der Waals surface area contributed by atoms with Gasteiger partial charge in [-0.3, -0.25) is 15.1 Å². The fraction of sp³-hybridized carbons (Fsp3) is 0.200. The molecule has 8 nitrogen and oxygen atoms in total. The van der Waals surface area contributed by atoms with Gasteiger partial charge in [-0.25, -0.2) is 4.98 Å². The second kappa shape index (κ2) is 7.18. The number of hydrogen-bond acceptors (Lipinski definition) is 7. The van der Waals surface area contributed by atoms with Gasteiger partial charge in [0.1, 0.15) is 0 Å². The molecule has 0 saturated carbocycles. The highest BCUT2D eigenvalue weighted by Crippen LogP contribution is 2.33. The number of pyridine rings is 2. The number of hydrogen-bond donors (Lipinski definition) is 0. The largest absolute Gasteiger partial charge is 0.302 e. The summed E-state index contributed by atoms with van der Waals surface area (Å²) in [6, 6.07) is 6.68. The molecule has 0 fully saturated rings. The lowest BCUT2D eigenvalue weighted by molar-refractivity contribution is -0.388. The first-order valence-corrected chi connectivity index (χ1v) is 8.13. The van der Waals surface area contributed by atoms with Crippen molar-refractivity contribution >= 4 is 17.4 Å². The van der Waals surface area contributed by atoms with E-state index < -0.39 is 4.92 Å². The lowest BCUT2D eigenvalue weighted by Gasteiger charge is -2.08. The molecular weight excluding hydrogens is 328 g/mol. The standard InChI is InChI=1S/C15H14N6O2S/c1-2-10-20-13(11-5-8-16-9-6-11)18-19-15(20)24-14-12(21(22)23)4-3-7-17-14/h3-9H,2,10H2,1H3. The molecule has 24 heavy (non-hydrogen) atoms. The highest BCUT2D eigenvalue weighted by Gasteiger charge is 2.20. The van der Waals surface area contributed by atoms with Crippen molar-refractivity contribution in [2.75, 3.05) is 0 Å². The molecule has 0 aliphatic carbocycles. The molecule has 0 bridgehead atoms. The minimum absolute atomic E-state index is 0.0426. The van der Waals surface area contributed by atoms with E-state index in [0.717, 1.165) is 23.7 Å². The predicted octanol–water partition coefficient (Wildman–Crippen LogP) is 3.20. The molecule has 0 atom stereocenters. The van der Waals surface area contributed by atoms with E-state index in [2.05, 4.69) is 20.2 Å². The van der Waals surface area contributed by atoms with Gasteiger partial charge >= 0.3 is 5.69 Å². The fourth-order valence-electron chi connectivity index (χ4n) is 2.19. The van der Waals surface area contributed by atoms with Crippen LogP contribution in [0.5, 0.6) is 0 Å². The zero-order valence-corrected chi connectivity index (χ0v) is 13.7. The van der Waals surface area contributed by atoms with Crippen molar-refractivity contribution in [3.63, 3.8) is 0 Å². The summed E-state index contributed by atoms with van der Waals surface area (Å²) in [6.07, 6.45) is 5.79. The number of rotatable bonds is 6. The van der Waals surface area contributed by atoms with Gasteiger partial charge in [0.25, 0.3) is 0 Å². The Kier molecular flexibility index (Phi) is 4.80. The van der Waals surface area contributed by atoms with Gasteiger partial charge in [-0.05, 0) is 36.4 Å². The zero-order valence-electron chi connectivity index (χ0n) is 12.9. The second-order valence-electron chi connectivity index (χ2n) is 4.88. The summed E-state index contributed by atoms with van der Waals surface area (Å²) >= 11 is 1.15. The molecule has 3 heterocycles. The Morgan fingerprint density at radius 2 is 2.00 bits per heavy atom. The molecule has 0 amide bonds. The second-order valence-corrected chi connectivity index (χ2v) is 5.84. The van der Waals surface area contributed by atoms with Crippen molar-refractivity contribution in [2.45, 2.75) is 30.1 Å². The Labute approximate surface area is 142 Å². The lowest BCUT2D eigenvalue weighted by atomic mass is 10.2. The van der Waals surface area contributed by atoms with Crippen LogP contribution in [-0.2, 0) is 6.54 Å². The number of nitro groups is 1. The van der Waals surface area contributed by atoms with E-state index in [-0.39, 0.29) is 5.69 Å². The van der Waals surface area contributed by atoms with Gasteiger partial charge < -0.3 is 4.57 Å². The smallest absolute Gasteiger partial charge is 0.301 e. The van der Waals surface area contributed by atoms with Gasteiger partial charge in [0.2, 0.25) is 0 Å². The maximum absolute atomic E-state index is 11.2. The first-order chi connectivity index (χ1) is 11.7. The van der Waals surface area contributed by atoms with Crippen LogP contribution in [0.1, 0.15) is 13.3 Å². The van der Waals surface area contributed by atoms with Crippen LogP contribution in [0, 0.1) is 10.1 Å². The molecule has 0 radical (unpaired) electrons. The van der Waals surface area contributed by atoms with Crippen molar-refractivity contribution in [1.29, 1.82) is 0 Å². The van der Waals surface area contributed by atoms with E-state index in [1.165, 1.54) is 12.3 Å². The Hall–Kier alpha value is -2.81. The van der Waals surface area contributed by atoms with E-state index in [0.29, 0.717) is 22.6 Å². The molecule has 9 heteroatoms. The highest BCUT2D eigenvalue weighted by atomic mass is 32.2. The van der Waals surface area contributed by atoms with Crippen LogP contribution >= 0.6 is 11.8 Å². The van der Waals surface area contributed by atoms with Gasteiger partial charge in [0, 0.05) is 36.8 Å². The van der Waals surface area contributed by atoms with Gasteiger partial charge in [0.05, 0.1) is 4.92 Å². The first kappa shape index (κ1) is 16.1. The predicted molar refractivity (Wildman–Crippen MR) is 88.6 cm³/mol. The van der Waals surface area contributed by atoms with Crippen molar-refractivity contribution in [2.24, 2.45) is 0 Å². The summed E-state index contributed by atoms with van der Waals surface area (Å²) in [5, 5.41) is 20.5. The Balaban J connectivity index is 2.01. The van der Waals surface area contributed by atoms with Gasteiger partial charge in [-0.1, -0.05) is 6.92 Å². The van der Waals surface area contributed by atoms with Crippen LogP contribution in [0.2, 0.25) is 0 Å². The SMILES string of the molecule is CCCn1c(Sc2ncccc2[N+](=O)[O-])nnc1-c1ccncc1. The fourth-order valence-corrected chi connectivity index (χ4v) is 3.09. The van der Waals surface area contributed by atoms with Gasteiger partial charge in [0.15, 0.2) is 16.0 Å². The normalized spacial score (nSPS) is 10.7. The van der Waals surface area contributed by atoms with Crippen molar-refractivity contribution in [1.82, 2.24) is 24.7 Å². The summed E-state index contributed by atoms with van der Waals surface area (Å²) in [5.74, 6) is 0.709. The maximum Gasteiger partial charge on any atom is 0.301 e. The van der Waals surface area contributed by atoms with Crippen LogP contribution in [0.15, 0.2) is 53.0 Å². The van der Waals surface area contributed by atoms with Crippen LogP contribution in [0.3, 0.4) is 0 Å². The van der Waals surface area contributed by atoms with E-state index in [1.807, 2.05) is 23.6 Å². The van der Waals surface area contributed by atoms with E-state index in [9.17, 15) is 10.1 Å². The van der Waals surface area contributed by atoms with E-state index in [4.69, 9.17) is 0 Å². The Morgan fingerprint density at radius 3 is 2.71 bits per heavy atom. The minimum atomic E-state index is -0.445. The van der Waals surface area contributed by atoms with E-state index >= 15 is 0 Å². The third-order valence-electron chi connectivity index (χ3n) is 3.24.